The van der Waals surface area contributed by atoms with Crippen LogP contribution in [-0.2, 0) is 16.1 Å². The van der Waals surface area contributed by atoms with E-state index in [1.807, 2.05) is 10.3 Å². The third kappa shape index (κ3) is 4.86. The van der Waals surface area contributed by atoms with Gasteiger partial charge in [0, 0.05) is 17.5 Å². The number of nitrogens with two attached hydrogens (primary N) is 1. The van der Waals surface area contributed by atoms with Crippen molar-refractivity contribution in [3.8, 4) is 11.3 Å². The second kappa shape index (κ2) is 8.37. The Morgan fingerprint density at radius 1 is 1.35 bits per heavy atom. The quantitative estimate of drug-likeness (QED) is 0.804. The first-order valence-corrected chi connectivity index (χ1v) is 9.38. The van der Waals surface area contributed by atoms with Crippen molar-refractivity contribution in [3.63, 3.8) is 0 Å². The highest BCUT2D eigenvalue weighted by Gasteiger charge is 2.26. The lowest BCUT2D eigenvalue weighted by Gasteiger charge is -2.30. The standard InChI is InChI=1S/C18H21FN4O2S/c19-14-5-3-12(4-6-14)15-11-26-17(22-15)8-21-18(25)13-2-1-7-23(9-13)10-16(20)24/h3-6,11,13H,1-2,7-10H2,(H2,20,24)(H,21,25). The number of primary amides is 1. The Morgan fingerprint density at radius 3 is 2.85 bits per heavy atom. The molecule has 0 saturated carbocycles. The summed E-state index contributed by atoms with van der Waals surface area (Å²) in [5, 5.41) is 5.61. The number of hydrogen-bond acceptors (Lipinski definition) is 5. The van der Waals surface area contributed by atoms with Gasteiger partial charge >= 0.3 is 0 Å². The minimum absolute atomic E-state index is 0.0299. The summed E-state index contributed by atoms with van der Waals surface area (Å²) in [6.45, 7) is 1.89. The molecule has 26 heavy (non-hydrogen) atoms. The average molecular weight is 376 g/mol. The van der Waals surface area contributed by atoms with Gasteiger partial charge in [0.15, 0.2) is 0 Å². The van der Waals surface area contributed by atoms with Crippen molar-refractivity contribution in [1.82, 2.24) is 15.2 Å². The fraction of sp³-hybridized carbons (Fsp3) is 0.389. The van der Waals surface area contributed by atoms with Gasteiger partial charge in [0.25, 0.3) is 0 Å². The fourth-order valence-electron chi connectivity index (χ4n) is 3.09. The van der Waals surface area contributed by atoms with Gasteiger partial charge in [-0.25, -0.2) is 9.37 Å². The predicted molar refractivity (Wildman–Crippen MR) is 97.7 cm³/mol. The maximum Gasteiger partial charge on any atom is 0.231 e. The molecule has 2 aromatic rings. The van der Waals surface area contributed by atoms with Crippen molar-refractivity contribution in [1.29, 1.82) is 0 Å². The van der Waals surface area contributed by atoms with E-state index in [1.165, 1.54) is 23.5 Å². The molecule has 138 valence electrons. The van der Waals surface area contributed by atoms with Crippen LogP contribution >= 0.6 is 11.3 Å². The number of rotatable bonds is 6. The number of likely N-dealkylation sites (tertiary alicyclic amines) is 1. The van der Waals surface area contributed by atoms with E-state index in [9.17, 15) is 14.0 Å². The number of halogens is 1. The van der Waals surface area contributed by atoms with Gasteiger partial charge in [-0.1, -0.05) is 0 Å². The molecule has 1 aromatic carbocycles. The lowest BCUT2D eigenvalue weighted by molar-refractivity contribution is -0.128. The van der Waals surface area contributed by atoms with Crippen LogP contribution in [0.4, 0.5) is 4.39 Å². The lowest BCUT2D eigenvalue weighted by atomic mass is 9.97. The van der Waals surface area contributed by atoms with Crippen molar-refractivity contribution < 1.29 is 14.0 Å². The van der Waals surface area contributed by atoms with E-state index in [-0.39, 0.29) is 30.1 Å². The maximum atomic E-state index is 13.0. The number of hydrogen-bond donors (Lipinski definition) is 2. The summed E-state index contributed by atoms with van der Waals surface area (Å²) >= 11 is 1.46. The Hall–Kier alpha value is -2.32. The smallest absolute Gasteiger partial charge is 0.231 e. The van der Waals surface area contributed by atoms with Crippen molar-refractivity contribution >= 4 is 23.2 Å². The van der Waals surface area contributed by atoms with Gasteiger partial charge in [-0.2, -0.15) is 0 Å². The number of carbonyl (C=O) groups is 2. The zero-order chi connectivity index (χ0) is 18.5. The molecule has 3 rings (SSSR count). The lowest BCUT2D eigenvalue weighted by Crippen LogP contribution is -2.45. The number of thiazole rings is 1. The number of nitrogens with one attached hydrogen (secondary N) is 1. The minimum atomic E-state index is -0.373. The zero-order valence-electron chi connectivity index (χ0n) is 14.3. The van der Waals surface area contributed by atoms with E-state index >= 15 is 0 Å². The van der Waals surface area contributed by atoms with Gasteiger partial charge in [-0.3, -0.25) is 14.5 Å². The van der Waals surface area contributed by atoms with Crippen LogP contribution in [0.15, 0.2) is 29.6 Å². The highest BCUT2D eigenvalue weighted by molar-refractivity contribution is 7.09. The van der Waals surface area contributed by atoms with Crippen LogP contribution in [0, 0.1) is 11.7 Å². The zero-order valence-corrected chi connectivity index (χ0v) is 15.1. The Balaban J connectivity index is 1.53. The van der Waals surface area contributed by atoms with E-state index in [2.05, 4.69) is 10.3 Å². The number of nitrogens with zero attached hydrogens (tertiary/aromatic N) is 2. The molecule has 0 radical (unpaired) electrons. The van der Waals surface area contributed by atoms with Crippen molar-refractivity contribution in [3.05, 3.63) is 40.5 Å². The van der Waals surface area contributed by atoms with E-state index in [0.29, 0.717) is 13.1 Å². The van der Waals surface area contributed by atoms with Crippen molar-refractivity contribution in [2.24, 2.45) is 11.7 Å². The van der Waals surface area contributed by atoms with E-state index in [0.717, 1.165) is 35.7 Å². The van der Waals surface area contributed by atoms with Gasteiger partial charge < -0.3 is 11.1 Å². The van der Waals surface area contributed by atoms with Crippen LogP contribution in [0.2, 0.25) is 0 Å². The molecule has 1 saturated heterocycles. The molecule has 1 aliphatic rings. The molecule has 6 nitrogen and oxygen atoms in total. The fourth-order valence-corrected chi connectivity index (χ4v) is 3.83. The van der Waals surface area contributed by atoms with E-state index < -0.39 is 0 Å². The van der Waals surface area contributed by atoms with Crippen molar-refractivity contribution in [2.45, 2.75) is 19.4 Å². The van der Waals surface area contributed by atoms with Crippen LogP contribution in [-0.4, -0.2) is 41.3 Å². The Kier molecular flexibility index (Phi) is 5.95. The highest BCUT2D eigenvalue weighted by Crippen LogP contribution is 2.22. The summed E-state index contributed by atoms with van der Waals surface area (Å²) in [6.07, 6.45) is 1.68. The number of aromatic nitrogens is 1. The first-order valence-electron chi connectivity index (χ1n) is 8.50. The molecule has 1 aromatic heterocycles. The number of benzene rings is 1. The largest absolute Gasteiger partial charge is 0.369 e. The van der Waals surface area contributed by atoms with Crippen LogP contribution < -0.4 is 11.1 Å². The Morgan fingerprint density at radius 2 is 2.12 bits per heavy atom. The summed E-state index contributed by atoms with van der Waals surface area (Å²) in [4.78, 5) is 29.9. The van der Waals surface area contributed by atoms with Gasteiger partial charge in [-0.05, 0) is 43.7 Å². The normalized spacial score (nSPS) is 17.8. The molecule has 2 amide bonds. The summed E-state index contributed by atoms with van der Waals surface area (Å²) in [6, 6.07) is 6.16. The molecule has 2 heterocycles. The minimum Gasteiger partial charge on any atom is -0.369 e. The van der Waals surface area contributed by atoms with Gasteiger partial charge in [0.1, 0.15) is 10.8 Å². The molecule has 0 spiro atoms. The number of piperidine rings is 1. The summed E-state index contributed by atoms with van der Waals surface area (Å²) in [7, 11) is 0. The molecule has 3 N–H and O–H groups in total. The molecule has 0 bridgehead atoms. The van der Waals surface area contributed by atoms with Crippen LogP contribution in [0.1, 0.15) is 17.8 Å². The summed E-state index contributed by atoms with van der Waals surface area (Å²) < 4.78 is 13.0. The van der Waals surface area contributed by atoms with Crippen LogP contribution in [0.3, 0.4) is 0 Å². The second-order valence-electron chi connectivity index (χ2n) is 6.39. The summed E-state index contributed by atoms with van der Waals surface area (Å²) in [5.41, 5.74) is 6.84. The van der Waals surface area contributed by atoms with Gasteiger partial charge in [0.05, 0.1) is 24.7 Å². The monoisotopic (exact) mass is 376 g/mol. The SMILES string of the molecule is NC(=O)CN1CCCC(C(=O)NCc2nc(-c3ccc(F)cc3)cs2)C1. The molecule has 1 atom stereocenters. The molecular weight excluding hydrogens is 355 g/mol. The highest BCUT2D eigenvalue weighted by atomic mass is 32.1. The average Bonchev–Trinajstić information content (AvgIpc) is 3.09. The molecule has 1 unspecified atom stereocenters. The third-order valence-corrected chi connectivity index (χ3v) is 5.21. The third-order valence-electron chi connectivity index (χ3n) is 4.36. The van der Waals surface area contributed by atoms with E-state index in [1.54, 1.807) is 12.1 Å². The second-order valence-corrected chi connectivity index (χ2v) is 7.33. The van der Waals surface area contributed by atoms with Gasteiger partial charge in [0.2, 0.25) is 11.8 Å². The molecule has 1 aliphatic heterocycles. The van der Waals surface area contributed by atoms with Crippen LogP contribution in [0.25, 0.3) is 11.3 Å². The molecule has 1 fully saturated rings. The Bertz CT molecular complexity index is 778. The van der Waals surface area contributed by atoms with E-state index in [4.69, 9.17) is 5.73 Å². The number of amides is 2. The number of carbonyl (C=O) groups excluding carboxylic acids is 2. The summed E-state index contributed by atoms with van der Waals surface area (Å²) in [5.74, 6) is -0.825. The molecule has 8 heteroatoms. The first-order chi connectivity index (χ1) is 12.5. The molecule has 0 aliphatic carbocycles. The first kappa shape index (κ1) is 18.5. The Labute approximate surface area is 155 Å². The topological polar surface area (TPSA) is 88.3 Å². The van der Waals surface area contributed by atoms with Crippen molar-refractivity contribution in [2.75, 3.05) is 19.6 Å². The van der Waals surface area contributed by atoms with Gasteiger partial charge in [-0.15, -0.1) is 11.3 Å². The maximum absolute atomic E-state index is 13.0. The predicted octanol–water partition coefficient (Wildman–Crippen LogP) is 1.76. The molecular formula is C18H21FN4O2S. The van der Waals surface area contributed by atoms with Crippen LogP contribution in [0.5, 0.6) is 0 Å².